The molecule has 5 nitrogen and oxygen atoms in total. The van der Waals surface area contributed by atoms with E-state index in [0.29, 0.717) is 5.82 Å². The second kappa shape index (κ2) is 2.97. The number of aliphatic imine (C=N–C) groups is 1. The third-order valence-electron chi connectivity index (χ3n) is 1.72. The second-order valence-corrected chi connectivity index (χ2v) is 3.45. The molecule has 2 aliphatic rings. The topological polar surface area (TPSA) is 51.1 Å². The van der Waals surface area contributed by atoms with E-state index in [1.165, 1.54) is 17.0 Å². The first-order valence-corrected chi connectivity index (χ1v) is 4.96. The van der Waals surface area contributed by atoms with E-state index in [0.717, 1.165) is 5.71 Å². The Morgan fingerprint density at radius 3 is 3.08 bits per heavy atom. The Balaban J connectivity index is 2.29. The molecule has 0 fully saturated rings. The van der Waals surface area contributed by atoms with E-state index in [1.807, 2.05) is 19.4 Å². The number of allylic oxidation sites excluding steroid dienone is 1. The lowest BCUT2D eigenvalue weighted by Crippen LogP contribution is -2.37. The predicted octanol–water partition coefficient (Wildman–Crippen LogP) is 0.974. The molecule has 0 atom stereocenters. The smallest absolute Gasteiger partial charge is 0.211 e. The molecule has 0 aromatic carbocycles. The Hall–Kier alpha value is -1.14. The summed E-state index contributed by atoms with van der Waals surface area (Å²) in [5.41, 5.74) is 3.72. The van der Waals surface area contributed by atoms with E-state index in [9.17, 15) is 5.11 Å². The maximum Gasteiger partial charge on any atom is 0.211 e. The lowest BCUT2D eigenvalue weighted by Gasteiger charge is -2.22. The molecule has 0 aromatic rings. The highest BCUT2D eigenvalue weighted by molar-refractivity contribution is 7.96. The molecule has 2 aliphatic heterocycles. The molecule has 0 aromatic heterocycles. The maximum atomic E-state index is 9.53. The Morgan fingerprint density at radius 2 is 2.38 bits per heavy atom. The van der Waals surface area contributed by atoms with Crippen LogP contribution in [0.3, 0.4) is 0 Å². The molecule has 2 rings (SSSR count). The molecule has 13 heavy (non-hydrogen) atoms. The number of nitrogens with zero attached hydrogens (tertiary/aromatic N) is 3. The first kappa shape index (κ1) is 8.46. The summed E-state index contributed by atoms with van der Waals surface area (Å²) in [6.45, 7) is 1.84. The molecule has 2 N–H and O–H groups in total. The molecule has 0 amide bonds. The number of hydrogen-bond donors (Lipinski definition) is 2. The molecule has 0 aliphatic carbocycles. The third kappa shape index (κ3) is 1.38. The van der Waals surface area contributed by atoms with Gasteiger partial charge in [0.2, 0.25) is 5.88 Å². The molecule has 0 unspecified atom stereocenters. The van der Waals surface area contributed by atoms with Gasteiger partial charge in [-0.15, -0.1) is 5.53 Å². The zero-order chi connectivity index (χ0) is 9.42. The number of aliphatic hydroxyl groups is 1. The lowest BCUT2D eigenvalue weighted by atomic mass is 10.3. The zero-order valence-electron chi connectivity index (χ0n) is 7.35. The highest BCUT2D eigenvalue weighted by atomic mass is 32.2. The quantitative estimate of drug-likeness (QED) is 0.615. The monoisotopic (exact) mass is 198 g/mol. The van der Waals surface area contributed by atoms with Gasteiger partial charge in [0.05, 0.1) is 6.20 Å². The van der Waals surface area contributed by atoms with Crippen molar-refractivity contribution in [1.82, 2.24) is 15.0 Å². The van der Waals surface area contributed by atoms with Crippen LogP contribution in [0.15, 0.2) is 29.0 Å². The molecule has 0 saturated carbocycles. The maximum absolute atomic E-state index is 9.53. The minimum Gasteiger partial charge on any atom is -0.493 e. The van der Waals surface area contributed by atoms with Gasteiger partial charge in [0, 0.05) is 18.0 Å². The van der Waals surface area contributed by atoms with Gasteiger partial charge in [-0.3, -0.25) is 0 Å². The van der Waals surface area contributed by atoms with Crippen LogP contribution in [0.5, 0.6) is 0 Å². The normalized spacial score (nSPS) is 20.9. The summed E-state index contributed by atoms with van der Waals surface area (Å²) in [6.07, 6.45) is 5.35. The van der Waals surface area contributed by atoms with Gasteiger partial charge in [0.25, 0.3) is 0 Å². The Kier molecular flexibility index (Phi) is 1.93. The summed E-state index contributed by atoms with van der Waals surface area (Å²) in [5.74, 6) is 0.863. The minimum atomic E-state index is 0.162. The van der Waals surface area contributed by atoms with Crippen molar-refractivity contribution >= 4 is 17.7 Å². The molecule has 0 bridgehead atoms. The number of nitrogens with one attached hydrogen (secondary N) is 1. The van der Waals surface area contributed by atoms with Crippen molar-refractivity contribution in [1.29, 1.82) is 0 Å². The van der Waals surface area contributed by atoms with E-state index in [-0.39, 0.29) is 5.88 Å². The van der Waals surface area contributed by atoms with E-state index in [1.54, 1.807) is 10.5 Å². The van der Waals surface area contributed by atoms with Crippen LogP contribution in [0.4, 0.5) is 0 Å². The highest BCUT2D eigenvalue weighted by Gasteiger charge is 2.25. The fourth-order valence-electron chi connectivity index (χ4n) is 1.15. The fourth-order valence-corrected chi connectivity index (χ4v) is 1.51. The summed E-state index contributed by atoms with van der Waals surface area (Å²) < 4.78 is 1.77. The SMILES string of the molecule is CSN1C=C2N=C(C)C=C(O)N2N1. The van der Waals surface area contributed by atoms with Crippen LogP contribution in [-0.2, 0) is 0 Å². The third-order valence-corrected chi connectivity index (χ3v) is 2.30. The van der Waals surface area contributed by atoms with Crippen LogP contribution < -0.4 is 5.53 Å². The lowest BCUT2D eigenvalue weighted by molar-refractivity contribution is 0.153. The van der Waals surface area contributed by atoms with Gasteiger partial charge in [-0.2, -0.15) is 0 Å². The molecular weight excluding hydrogens is 188 g/mol. The van der Waals surface area contributed by atoms with Crippen LogP contribution in [0, 0.1) is 0 Å². The van der Waals surface area contributed by atoms with E-state index < -0.39 is 0 Å². The molecular formula is C7H10N4OS. The number of hydrogen-bond acceptors (Lipinski definition) is 6. The van der Waals surface area contributed by atoms with Crippen LogP contribution in [-0.4, -0.2) is 26.5 Å². The average molecular weight is 198 g/mol. The van der Waals surface area contributed by atoms with Crippen LogP contribution in [0.2, 0.25) is 0 Å². The molecule has 2 heterocycles. The van der Waals surface area contributed by atoms with Gasteiger partial charge in [0.15, 0.2) is 5.82 Å². The summed E-state index contributed by atoms with van der Waals surface area (Å²) >= 11 is 1.50. The van der Waals surface area contributed by atoms with Crippen molar-refractivity contribution in [3.8, 4) is 0 Å². The Labute approximate surface area is 80.5 Å². The summed E-state index contributed by atoms with van der Waals surface area (Å²) in [7, 11) is 0. The summed E-state index contributed by atoms with van der Waals surface area (Å²) in [5, 5.41) is 11.0. The van der Waals surface area contributed by atoms with Crippen molar-refractivity contribution in [3.05, 3.63) is 24.0 Å². The molecule has 0 saturated heterocycles. The van der Waals surface area contributed by atoms with Gasteiger partial charge < -0.3 is 5.11 Å². The molecule has 0 spiro atoms. The number of fused-ring (bicyclic) bond motifs is 1. The molecule has 6 heteroatoms. The first-order valence-electron chi connectivity index (χ1n) is 3.78. The number of aliphatic hydroxyl groups excluding tert-OH is 1. The van der Waals surface area contributed by atoms with Crippen LogP contribution >= 0.6 is 11.9 Å². The van der Waals surface area contributed by atoms with Crippen LogP contribution in [0.1, 0.15) is 6.92 Å². The number of rotatable bonds is 1. The van der Waals surface area contributed by atoms with Crippen molar-refractivity contribution in [2.45, 2.75) is 6.92 Å². The highest BCUT2D eigenvalue weighted by Crippen LogP contribution is 2.23. The largest absolute Gasteiger partial charge is 0.493 e. The first-order chi connectivity index (χ1) is 6.20. The summed E-state index contributed by atoms with van der Waals surface area (Å²) in [6, 6.07) is 0. The zero-order valence-corrected chi connectivity index (χ0v) is 8.17. The standard InChI is InChI=1S/C7H10N4OS/c1-5-3-7(12)11-6(8-5)4-10(9-11)13-2/h3-4,9,12H,1-2H3. The van der Waals surface area contributed by atoms with E-state index >= 15 is 0 Å². The van der Waals surface area contributed by atoms with Crippen molar-refractivity contribution < 1.29 is 5.11 Å². The van der Waals surface area contributed by atoms with Crippen molar-refractivity contribution in [2.75, 3.05) is 6.26 Å². The van der Waals surface area contributed by atoms with Gasteiger partial charge in [-0.1, -0.05) is 0 Å². The van der Waals surface area contributed by atoms with Gasteiger partial charge in [-0.05, 0) is 18.9 Å². The Morgan fingerprint density at radius 1 is 1.62 bits per heavy atom. The Bertz CT molecular complexity index is 322. The van der Waals surface area contributed by atoms with Gasteiger partial charge >= 0.3 is 0 Å². The van der Waals surface area contributed by atoms with E-state index in [4.69, 9.17) is 0 Å². The minimum absolute atomic E-state index is 0.162. The van der Waals surface area contributed by atoms with Crippen molar-refractivity contribution in [3.63, 3.8) is 0 Å². The number of hydrazine groups is 2. The van der Waals surface area contributed by atoms with E-state index in [2.05, 4.69) is 10.5 Å². The van der Waals surface area contributed by atoms with Gasteiger partial charge in [-0.25, -0.2) is 14.4 Å². The van der Waals surface area contributed by atoms with Gasteiger partial charge in [0.1, 0.15) is 0 Å². The average Bonchev–Trinajstić information content (AvgIpc) is 2.47. The summed E-state index contributed by atoms with van der Waals surface area (Å²) in [4.78, 5) is 4.24. The van der Waals surface area contributed by atoms with Crippen LogP contribution in [0.25, 0.3) is 0 Å². The fraction of sp³-hybridized carbons (Fsp3) is 0.286. The second-order valence-electron chi connectivity index (χ2n) is 2.69. The molecule has 70 valence electrons. The van der Waals surface area contributed by atoms with Crippen molar-refractivity contribution in [2.24, 2.45) is 4.99 Å². The molecule has 0 radical (unpaired) electrons. The predicted molar refractivity (Wildman–Crippen MR) is 52.2 cm³/mol.